The van der Waals surface area contributed by atoms with Crippen LogP contribution in [0.5, 0.6) is 0 Å². The first-order valence-electron chi connectivity index (χ1n) is 8.77. The van der Waals surface area contributed by atoms with Crippen LogP contribution in [0, 0.1) is 0 Å². The molecule has 1 aliphatic rings. The molecule has 0 radical (unpaired) electrons. The molecule has 0 aliphatic carbocycles. The molecular weight excluding hydrogens is 304 g/mol. The zero-order valence-electron chi connectivity index (χ0n) is 15.0. The maximum absolute atomic E-state index is 11.6. The van der Waals surface area contributed by atoms with Gasteiger partial charge in [-0.3, -0.25) is 4.90 Å². The largest absolute Gasteiger partial charge is 0.444 e. The minimum Gasteiger partial charge on any atom is -0.444 e. The van der Waals surface area contributed by atoms with Crippen LogP contribution in [0.25, 0.3) is 0 Å². The second-order valence-corrected chi connectivity index (χ2v) is 7.53. The summed E-state index contributed by atoms with van der Waals surface area (Å²) in [6.45, 7) is 8.83. The molecule has 1 amide bonds. The molecule has 1 aromatic rings. The second kappa shape index (κ2) is 8.49. The summed E-state index contributed by atoms with van der Waals surface area (Å²) in [4.78, 5) is 13.9. The van der Waals surface area contributed by atoms with Gasteiger partial charge in [0.25, 0.3) is 0 Å². The Hall–Kier alpha value is -1.59. The minimum atomic E-state index is -0.465. The minimum absolute atomic E-state index is 0.183. The Kier molecular flexibility index (Phi) is 6.63. The molecule has 24 heavy (non-hydrogen) atoms. The summed E-state index contributed by atoms with van der Waals surface area (Å²) in [5, 5.41) is 12.5. The van der Waals surface area contributed by atoms with Gasteiger partial charge in [-0.25, -0.2) is 4.79 Å². The number of rotatable bonds is 5. The Balaban J connectivity index is 1.73. The molecule has 134 valence electrons. The maximum atomic E-state index is 11.6. The monoisotopic (exact) mass is 334 g/mol. The number of nitrogens with zero attached hydrogens (tertiary/aromatic N) is 1. The molecule has 0 saturated carbocycles. The van der Waals surface area contributed by atoms with Gasteiger partial charge in [0, 0.05) is 19.6 Å². The van der Waals surface area contributed by atoms with Crippen molar-refractivity contribution in [1.82, 2.24) is 10.2 Å². The van der Waals surface area contributed by atoms with E-state index in [1.54, 1.807) is 0 Å². The molecular formula is C19H30N2O3. The van der Waals surface area contributed by atoms with Crippen molar-refractivity contribution in [2.75, 3.05) is 19.6 Å². The highest BCUT2D eigenvalue weighted by molar-refractivity contribution is 5.67. The third kappa shape index (κ3) is 6.89. The molecule has 2 N–H and O–H groups in total. The van der Waals surface area contributed by atoms with Crippen LogP contribution in [0.2, 0.25) is 0 Å². The quantitative estimate of drug-likeness (QED) is 0.869. The van der Waals surface area contributed by atoms with Crippen molar-refractivity contribution < 1.29 is 14.6 Å². The normalized spacial score (nSPS) is 19.1. The van der Waals surface area contributed by atoms with Crippen LogP contribution < -0.4 is 5.32 Å². The number of piperidine rings is 1. The number of carbonyl (C=O) groups is 1. The van der Waals surface area contributed by atoms with Crippen molar-refractivity contribution >= 4 is 6.09 Å². The van der Waals surface area contributed by atoms with Crippen molar-refractivity contribution in [3.8, 4) is 0 Å². The van der Waals surface area contributed by atoms with E-state index in [1.807, 2.05) is 20.8 Å². The molecule has 1 aromatic carbocycles. The molecule has 1 unspecified atom stereocenters. The number of hydrogen-bond acceptors (Lipinski definition) is 4. The van der Waals surface area contributed by atoms with E-state index < -0.39 is 5.60 Å². The van der Waals surface area contributed by atoms with Crippen LogP contribution >= 0.6 is 0 Å². The predicted octanol–water partition coefficient (Wildman–Crippen LogP) is 2.71. The number of benzene rings is 1. The number of nitrogens with one attached hydrogen (secondary N) is 1. The average Bonchev–Trinajstić information content (AvgIpc) is 2.47. The Morgan fingerprint density at radius 2 is 1.96 bits per heavy atom. The number of aliphatic hydroxyl groups excluding tert-OH is 1. The van der Waals surface area contributed by atoms with E-state index >= 15 is 0 Å². The number of aliphatic hydroxyl groups is 1. The van der Waals surface area contributed by atoms with Crippen LogP contribution in [0.3, 0.4) is 0 Å². The number of hydrogen-bond donors (Lipinski definition) is 2. The fourth-order valence-electron chi connectivity index (χ4n) is 2.87. The van der Waals surface area contributed by atoms with Crippen LogP contribution in [-0.4, -0.2) is 47.4 Å². The molecule has 5 nitrogen and oxygen atoms in total. The third-order valence-electron chi connectivity index (χ3n) is 3.99. The predicted molar refractivity (Wildman–Crippen MR) is 94.9 cm³/mol. The lowest BCUT2D eigenvalue weighted by atomic mass is 10.1. The van der Waals surface area contributed by atoms with Crippen LogP contribution in [0.15, 0.2) is 24.3 Å². The third-order valence-corrected chi connectivity index (χ3v) is 3.99. The standard InChI is InChI=1S/C19H30N2O3/c1-19(2,3)24-18(23)20-11-10-15-6-8-16(9-7-15)13-21-12-4-5-17(22)14-21/h6-9,17,22H,4-5,10-14H2,1-3H3,(H,20,23). The first kappa shape index (κ1) is 18.7. The molecule has 2 rings (SSSR count). The number of alkyl carbamates (subject to hydrolysis) is 1. The summed E-state index contributed by atoms with van der Waals surface area (Å²) in [5.41, 5.74) is 1.98. The molecule has 0 aromatic heterocycles. The van der Waals surface area contributed by atoms with Gasteiger partial charge in [0.1, 0.15) is 5.60 Å². The van der Waals surface area contributed by atoms with Crippen molar-refractivity contribution in [3.05, 3.63) is 35.4 Å². The van der Waals surface area contributed by atoms with E-state index in [0.717, 1.165) is 38.9 Å². The highest BCUT2D eigenvalue weighted by atomic mass is 16.6. The summed E-state index contributed by atoms with van der Waals surface area (Å²) < 4.78 is 5.21. The van der Waals surface area contributed by atoms with Crippen LogP contribution in [0.1, 0.15) is 44.7 Å². The lowest BCUT2D eigenvalue weighted by Gasteiger charge is -2.30. The first-order valence-corrected chi connectivity index (χ1v) is 8.77. The lowest BCUT2D eigenvalue weighted by molar-refractivity contribution is 0.0528. The van der Waals surface area contributed by atoms with Gasteiger partial charge >= 0.3 is 6.09 Å². The molecule has 1 saturated heterocycles. The van der Waals surface area contributed by atoms with E-state index in [2.05, 4.69) is 34.5 Å². The molecule has 5 heteroatoms. The van der Waals surface area contributed by atoms with Gasteiger partial charge < -0.3 is 15.2 Å². The van der Waals surface area contributed by atoms with Crippen molar-refractivity contribution in [2.24, 2.45) is 0 Å². The molecule has 1 aliphatic heterocycles. The van der Waals surface area contributed by atoms with Gasteiger partial charge in [0.15, 0.2) is 0 Å². The molecule has 1 fully saturated rings. The topological polar surface area (TPSA) is 61.8 Å². The molecule has 0 spiro atoms. The van der Waals surface area contributed by atoms with Crippen LogP contribution in [0.4, 0.5) is 4.79 Å². The van der Waals surface area contributed by atoms with Crippen molar-refractivity contribution in [3.63, 3.8) is 0 Å². The van der Waals surface area contributed by atoms with Crippen LogP contribution in [-0.2, 0) is 17.7 Å². The number of amides is 1. The molecule has 1 atom stereocenters. The lowest BCUT2D eigenvalue weighted by Crippen LogP contribution is -2.37. The summed E-state index contributed by atoms with van der Waals surface area (Å²) in [6.07, 6.45) is 2.21. The molecule has 1 heterocycles. The van der Waals surface area contributed by atoms with Gasteiger partial charge in [-0.1, -0.05) is 24.3 Å². The highest BCUT2D eigenvalue weighted by Crippen LogP contribution is 2.14. The smallest absolute Gasteiger partial charge is 0.407 e. The fourth-order valence-corrected chi connectivity index (χ4v) is 2.87. The average molecular weight is 334 g/mol. The highest BCUT2D eigenvalue weighted by Gasteiger charge is 2.17. The maximum Gasteiger partial charge on any atom is 0.407 e. The van der Waals surface area contributed by atoms with E-state index in [-0.39, 0.29) is 12.2 Å². The van der Waals surface area contributed by atoms with Gasteiger partial charge in [0.05, 0.1) is 6.10 Å². The van der Waals surface area contributed by atoms with Gasteiger partial charge in [-0.15, -0.1) is 0 Å². The SMILES string of the molecule is CC(C)(C)OC(=O)NCCc1ccc(CN2CCCC(O)C2)cc1. The Morgan fingerprint density at radius 3 is 2.58 bits per heavy atom. The fraction of sp³-hybridized carbons (Fsp3) is 0.632. The first-order chi connectivity index (χ1) is 11.3. The van der Waals surface area contributed by atoms with E-state index in [4.69, 9.17) is 4.74 Å². The Bertz CT molecular complexity index is 522. The zero-order chi connectivity index (χ0) is 17.6. The zero-order valence-corrected chi connectivity index (χ0v) is 15.0. The van der Waals surface area contributed by atoms with Gasteiger partial charge in [-0.05, 0) is 57.7 Å². The van der Waals surface area contributed by atoms with Crippen molar-refractivity contribution in [1.29, 1.82) is 0 Å². The number of likely N-dealkylation sites (tertiary alicyclic amines) is 1. The second-order valence-electron chi connectivity index (χ2n) is 7.53. The summed E-state index contributed by atoms with van der Waals surface area (Å²) in [6, 6.07) is 8.46. The van der Waals surface area contributed by atoms with E-state index in [9.17, 15) is 9.90 Å². The Labute approximate surface area is 145 Å². The van der Waals surface area contributed by atoms with E-state index in [1.165, 1.54) is 11.1 Å². The number of ether oxygens (including phenoxy) is 1. The number of β-amino-alcohol motifs (C(OH)–C–C–N with tert-alkyl or cyclic N) is 1. The summed E-state index contributed by atoms with van der Waals surface area (Å²) in [5.74, 6) is 0. The van der Waals surface area contributed by atoms with E-state index in [0.29, 0.717) is 6.54 Å². The summed E-state index contributed by atoms with van der Waals surface area (Å²) >= 11 is 0. The van der Waals surface area contributed by atoms with Gasteiger partial charge in [-0.2, -0.15) is 0 Å². The van der Waals surface area contributed by atoms with Gasteiger partial charge in [0.2, 0.25) is 0 Å². The number of carbonyl (C=O) groups excluding carboxylic acids is 1. The Morgan fingerprint density at radius 1 is 1.29 bits per heavy atom. The van der Waals surface area contributed by atoms with Crippen molar-refractivity contribution in [2.45, 2.75) is 58.3 Å². The summed E-state index contributed by atoms with van der Waals surface area (Å²) in [7, 11) is 0. The molecule has 0 bridgehead atoms.